The van der Waals surface area contributed by atoms with Crippen LogP contribution in [0.3, 0.4) is 0 Å². The maximum atomic E-state index is 10.0. The molecular formula is C10H10N2O2. The smallest absolute Gasteiger partial charge is 0.211 e. The highest BCUT2D eigenvalue weighted by atomic mass is 16.1. The molecule has 0 unspecified atom stereocenters. The molecule has 0 aliphatic heterocycles. The first-order chi connectivity index (χ1) is 6.83. The van der Waals surface area contributed by atoms with Crippen LogP contribution in [0, 0.1) is 5.41 Å². The number of carbonyl (C=O) groups excluding carboxylic acids is 2. The van der Waals surface area contributed by atoms with Gasteiger partial charge in [-0.25, -0.2) is 19.6 Å². The van der Waals surface area contributed by atoms with Crippen molar-refractivity contribution < 1.29 is 9.59 Å². The molecule has 0 aromatic heterocycles. The molecule has 0 radical (unpaired) electrons. The number of hydrogen-bond donors (Lipinski definition) is 0. The predicted molar refractivity (Wildman–Crippen MR) is 51.3 cm³/mol. The second kappa shape index (κ2) is 5.07. The van der Waals surface area contributed by atoms with Crippen LogP contribution in [-0.2, 0) is 9.59 Å². The van der Waals surface area contributed by atoms with Crippen molar-refractivity contribution in [1.82, 2.24) is 0 Å². The number of hydrogen-bond acceptors (Lipinski definition) is 4. The third-order valence-corrected chi connectivity index (χ3v) is 2.14. The maximum Gasteiger partial charge on any atom is 0.234 e. The van der Waals surface area contributed by atoms with Gasteiger partial charge in [-0.2, -0.15) is 0 Å². The summed E-state index contributed by atoms with van der Waals surface area (Å²) in [6, 6.07) is 0. The third-order valence-electron chi connectivity index (χ3n) is 2.14. The molecule has 1 aliphatic carbocycles. The van der Waals surface area contributed by atoms with Gasteiger partial charge in [0.1, 0.15) is 0 Å². The molecule has 4 nitrogen and oxygen atoms in total. The van der Waals surface area contributed by atoms with E-state index in [4.69, 9.17) is 0 Å². The summed E-state index contributed by atoms with van der Waals surface area (Å²) in [7, 11) is 0. The molecule has 4 heteroatoms. The molecule has 0 atom stereocenters. The fraction of sp³-hybridized carbons (Fsp3) is 0.400. The Hall–Kier alpha value is -1.76. The third kappa shape index (κ3) is 2.63. The van der Waals surface area contributed by atoms with Crippen LogP contribution in [0.25, 0.3) is 0 Å². The average Bonchev–Trinajstić information content (AvgIpc) is 2.25. The van der Waals surface area contributed by atoms with Gasteiger partial charge >= 0.3 is 0 Å². The Balaban J connectivity index is 2.77. The lowest BCUT2D eigenvalue weighted by molar-refractivity contribution is 0.407. The van der Waals surface area contributed by atoms with Gasteiger partial charge in [0.05, 0.1) is 13.1 Å². The van der Waals surface area contributed by atoms with E-state index in [0.717, 1.165) is 6.42 Å². The van der Waals surface area contributed by atoms with Gasteiger partial charge in [0, 0.05) is 5.41 Å². The summed E-state index contributed by atoms with van der Waals surface area (Å²) in [5.74, 6) is 0. The van der Waals surface area contributed by atoms with E-state index >= 15 is 0 Å². The van der Waals surface area contributed by atoms with Crippen LogP contribution < -0.4 is 0 Å². The molecule has 0 bridgehead atoms. The normalized spacial score (nSPS) is 23.7. The first-order valence-electron chi connectivity index (χ1n) is 4.25. The van der Waals surface area contributed by atoms with Crippen molar-refractivity contribution in [3.8, 4) is 0 Å². The summed E-state index contributed by atoms with van der Waals surface area (Å²) in [5.41, 5.74) is -0.344. The van der Waals surface area contributed by atoms with Crippen LogP contribution in [0.5, 0.6) is 0 Å². The quantitative estimate of drug-likeness (QED) is 0.493. The summed E-state index contributed by atoms with van der Waals surface area (Å²) < 4.78 is 0. The summed E-state index contributed by atoms with van der Waals surface area (Å²) in [6.45, 7) is 0.616. The Morgan fingerprint density at radius 3 is 2.21 bits per heavy atom. The van der Waals surface area contributed by atoms with Gasteiger partial charge in [-0.15, -0.1) is 0 Å². The van der Waals surface area contributed by atoms with Crippen molar-refractivity contribution in [2.24, 2.45) is 15.4 Å². The Morgan fingerprint density at radius 1 is 1.14 bits per heavy atom. The SMILES string of the molecule is O=C=NCC1(CN=C=O)C=CC=CC1. The van der Waals surface area contributed by atoms with Crippen LogP contribution in [0.4, 0.5) is 0 Å². The first kappa shape index (κ1) is 10.3. The maximum absolute atomic E-state index is 10.0. The summed E-state index contributed by atoms with van der Waals surface area (Å²) in [5, 5.41) is 0. The fourth-order valence-electron chi connectivity index (χ4n) is 1.37. The van der Waals surface area contributed by atoms with Crippen LogP contribution in [0.2, 0.25) is 0 Å². The van der Waals surface area contributed by atoms with Gasteiger partial charge < -0.3 is 0 Å². The topological polar surface area (TPSA) is 58.9 Å². The van der Waals surface area contributed by atoms with E-state index in [1.807, 2.05) is 24.3 Å². The molecule has 0 saturated carbocycles. The summed E-state index contributed by atoms with van der Waals surface area (Å²) in [6.07, 6.45) is 11.4. The monoisotopic (exact) mass is 190 g/mol. The zero-order chi connectivity index (χ0) is 10.3. The highest BCUT2D eigenvalue weighted by Crippen LogP contribution is 2.28. The Labute approximate surface area is 81.8 Å². The van der Waals surface area contributed by atoms with E-state index in [2.05, 4.69) is 9.98 Å². The van der Waals surface area contributed by atoms with E-state index in [-0.39, 0.29) is 5.41 Å². The fourth-order valence-corrected chi connectivity index (χ4v) is 1.37. The lowest BCUT2D eigenvalue weighted by Crippen LogP contribution is -2.26. The predicted octanol–water partition coefficient (Wildman–Crippen LogP) is 1.16. The molecule has 0 spiro atoms. The van der Waals surface area contributed by atoms with E-state index < -0.39 is 0 Å². The molecule has 0 aromatic rings. The number of rotatable bonds is 4. The number of isocyanates is 2. The molecule has 0 fully saturated rings. The zero-order valence-electron chi connectivity index (χ0n) is 7.64. The largest absolute Gasteiger partial charge is 0.234 e. The summed E-state index contributed by atoms with van der Waals surface area (Å²) in [4.78, 5) is 27.1. The second-order valence-corrected chi connectivity index (χ2v) is 3.17. The van der Waals surface area contributed by atoms with E-state index in [0.29, 0.717) is 13.1 Å². The highest BCUT2D eigenvalue weighted by Gasteiger charge is 2.26. The standard InChI is InChI=1S/C10H10N2O2/c13-8-11-6-10(7-12-9-14)4-2-1-3-5-10/h1-4H,5-7H2. The lowest BCUT2D eigenvalue weighted by atomic mass is 9.82. The van der Waals surface area contributed by atoms with Gasteiger partial charge in [-0.3, -0.25) is 0 Å². The Morgan fingerprint density at radius 2 is 1.79 bits per heavy atom. The van der Waals surface area contributed by atoms with Gasteiger partial charge in [0.25, 0.3) is 0 Å². The van der Waals surface area contributed by atoms with Crippen molar-refractivity contribution in [2.75, 3.05) is 13.1 Å². The molecule has 0 amide bonds. The van der Waals surface area contributed by atoms with Crippen molar-refractivity contribution in [1.29, 1.82) is 0 Å². The molecule has 0 saturated heterocycles. The molecule has 0 heterocycles. The number of allylic oxidation sites excluding steroid dienone is 3. The molecule has 14 heavy (non-hydrogen) atoms. The Kier molecular flexibility index (Phi) is 3.74. The molecule has 0 aromatic carbocycles. The minimum absolute atomic E-state index is 0.308. The first-order valence-corrected chi connectivity index (χ1v) is 4.25. The van der Waals surface area contributed by atoms with Gasteiger partial charge in [-0.1, -0.05) is 24.3 Å². The van der Waals surface area contributed by atoms with Crippen LogP contribution in [0.1, 0.15) is 6.42 Å². The minimum atomic E-state index is -0.344. The van der Waals surface area contributed by atoms with Gasteiger partial charge in [0.15, 0.2) is 0 Å². The van der Waals surface area contributed by atoms with Crippen molar-refractivity contribution in [3.05, 3.63) is 24.3 Å². The zero-order valence-corrected chi connectivity index (χ0v) is 7.64. The van der Waals surface area contributed by atoms with Gasteiger partial charge in [0.2, 0.25) is 12.2 Å². The second-order valence-electron chi connectivity index (χ2n) is 3.17. The van der Waals surface area contributed by atoms with Crippen molar-refractivity contribution in [3.63, 3.8) is 0 Å². The summed E-state index contributed by atoms with van der Waals surface area (Å²) >= 11 is 0. The average molecular weight is 190 g/mol. The van der Waals surface area contributed by atoms with Gasteiger partial charge in [-0.05, 0) is 6.42 Å². The molecule has 72 valence electrons. The Bertz CT molecular complexity index is 325. The van der Waals surface area contributed by atoms with Crippen molar-refractivity contribution >= 4 is 12.2 Å². The van der Waals surface area contributed by atoms with E-state index in [1.165, 1.54) is 12.2 Å². The van der Waals surface area contributed by atoms with Crippen LogP contribution >= 0.6 is 0 Å². The molecule has 1 aliphatic rings. The molecule has 0 N–H and O–H groups in total. The lowest BCUT2D eigenvalue weighted by Gasteiger charge is -2.26. The van der Waals surface area contributed by atoms with E-state index in [1.54, 1.807) is 0 Å². The number of aliphatic imine (C=N–C) groups is 2. The molecule has 1 rings (SSSR count). The van der Waals surface area contributed by atoms with E-state index in [9.17, 15) is 9.59 Å². The number of nitrogens with zero attached hydrogens (tertiary/aromatic N) is 2. The molecular weight excluding hydrogens is 180 g/mol. The van der Waals surface area contributed by atoms with Crippen LogP contribution in [-0.4, -0.2) is 25.2 Å². The van der Waals surface area contributed by atoms with Crippen molar-refractivity contribution in [2.45, 2.75) is 6.42 Å². The minimum Gasteiger partial charge on any atom is -0.211 e. The van der Waals surface area contributed by atoms with Crippen LogP contribution in [0.15, 0.2) is 34.3 Å². The highest BCUT2D eigenvalue weighted by molar-refractivity contribution is 5.35.